The highest BCUT2D eigenvalue weighted by Gasteiger charge is 2.32. The lowest BCUT2D eigenvalue weighted by Crippen LogP contribution is -2.31. The lowest BCUT2D eigenvalue weighted by molar-refractivity contribution is -0.122. The number of hydrogen-bond donors (Lipinski definition) is 0. The largest absolute Gasteiger partial charge is 0.493 e. The van der Waals surface area contributed by atoms with Gasteiger partial charge in [0.15, 0.2) is 11.5 Å². The van der Waals surface area contributed by atoms with Crippen LogP contribution in [0.2, 0.25) is 0 Å². The standard InChI is InChI=1S/C18H19NO3S2/c1-5-8-22-14-7-6-13(9-15(14)21-4)10-16-17(20)19(11-12(2)3)18(23)24-16/h1,6-7,9-10,12H,8,11H2,2-4H3/b16-10-. The van der Waals surface area contributed by atoms with E-state index in [0.29, 0.717) is 33.2 Å². The third-order valence-electron chi connectivity index (χ3n) is 3.22. The normalized spacial score (nSPS) is 16.0. The first kappa shape index (κ1) is 18.4. The van der Waals surface area contributed by atoms with Crippen LogP contribution in [0.5, 0.6) is 11.5 Å². The summed E-state index contributed by atoms with van der Waals surface area (Å²) in [6.07, 6.45) is 7.01. The summed E-state index contributed by atoms with van der Waals surface area (Å²) < 4.78 is 11.3. The molecule has 2 rings (SSSR count). The van der Waals surface area contributed by atoms with Crippen LogP contribution >= 0.6 is 24.0 Å². The van der Waals surface area contributed by atoms with Crippen LogP contribution < -0.4 is 9.47 Å². The number of amides is 1. The minimum Gasteiger partial charge on any atom is -0.493 e. The lowest BCUT2D eigenvalue weighted by Gasteiger charge is -2.16. The number of ether oxygens (including phenoxy) is 2. The molecule has 0 aliphatic carbocycles. The van der Waals surface area contributed by atoms with Crippen LogP contribution in [0.15, 0.2) is 23.1 Å². The van der Waals surface area contributed by atoms with Crippen molar-refractivity contribution in [2.45, 2.75) is 13.8 Å². The van der Waals surface area contributed by atoms with E-state index in [1.54, 1.807) is 24.1 Å². The Morgan fingerprint density at radius 3 is 2.79 bits per heavy atom. The average molecular weight is 361 g/mol. The molecule has 1 heterocycles. The fraction of sp³-hybridized carbons (Fsp3) is 0.333. The second-order valence-electron chi connectivity index (χ2n) is 5.59. The SMILES string of the molecule is C#CCOc1ccc(/C=C2\SC(=S)N(CC(C)C)C2=O)cc1OC. The van der Waals surface area contributed by atoms with Crippen molar-refractivity contribution in [1.29, 1.82) is 0 Å². The van der Waals surface area contributed by atoms with Crippen LogP contribution in [-0.2, 0) is 4.79 Å². The van der Waals surface area contributed by atoms with E-state index in [2.05, 4.69) is 19.8 Å². The maximum atomic E-state index is 12.5. The summed E-state index contributed by atoms with van der Waals surface area (Å²) in [6.45, 7) is 4.91. The van der Waals surface area contributed by atoms with Crippen molar-refractivity contribution >= 4 is 40.3 Å². The van der Waals surface area contributed by atoms with Crippen molar-refractivity contribution in [3.05, 3.63) is 28.7 Å². The number of carbonyl (C=O) groups is 1. The summed E-state index contributed by atoms with van der Waals surface area (Å²) in [4.78, 5) is 14.8. The Labute approximate surface area is 152 Å². The van der Waals surface area contributed by atoms with E-state index >= 15 is 0 Å². The summed E-state index contributed by atoms with van der Waals surface area (Å²) in [5, 5.41) is 0. The number of nitrogens with zero attached hydrogens (tertiary/aromatic N) is 1. The van der Waals surface area contributed by atoms with Crippen LogP contribution in [-0.4, -0.2) is 35.4 Å². The quantitative estimate of drug-likeness (QED) is 0.440. The summed E-state index contributed by atoms with van der Waals surface area (Å²) in [5.74, 6) is 3.86. The third kappa shape index (κ3) is 4.31. The summed E-state index contributed by atoms with van der Waals surface area (Å²) in [6, 6.07) is 5.43. The topological polar surface area (TPSA) is 38.8 Å². The van der Waals surface area contributed by atoms with Gasteiger partial charge >= 0.3 is 0 Å². The fourth-order valence-electron chi connectivity index (χ4n) is 2.19. The van der Waals surface area contributed by atoms with E-state index in [0.717, 1.165) is 5.56 Å². The number of rotatable bonds is 6. The molecule has 0 spiro atoms. The van der Waals surface area contributed by atoms with Crippen LogP contribution in [0.25, 0.3) is 6.08 Å². The van der Waals surface area contributed by atoms with Gasteiger partial charge < -0.3 is 9.47 Å². The summed E-state index contributed by atoms with van der Waals surface area (Å²) >= 11 is 6.63. The monoisotopic (exact) mass is 361 g/mol. The molecule has 1 fully saturated rings. The molecule has 1 aromatic carbocycles. The molecule has 0 unspecified atom stereocenters. The Kier molecular flexibility index (Phi) is 6.29. The average Bonchev–Trinajstić information content (AvgIpc) is 2.80. The molecule has 4 nitrogen and oxygen atoms in total. The Hall–Kier alpha value is -1.97. The minimum absolute atomic E-state index is 0.0506. The van der Waals surface area contributed by atoms with Gasteiger partial charge in [-0.15, -0.1) is 6.42 Å². The highest BCUT2D eigenvalue weighted by molar-refractivity contribution is 8.26. The first-order valence-electron chi connectivity index (χ1n) is 7.46. The van der Waals surface area contributed by atoms with Crippen LogP contribution in [0.3, 0.4) is 0 Å². The molecule has 1 aromatic rings. The van der Waals surface area contributed by atoms with Gasteiger partial charge in [-0.1, -0.05) is 49.8 Å². The first-order valence-corrected chi connectivity index (χ1v) is 8.68. The van der Waals surface area contributed by atoms with Gasteiger partial charge in [-0.3, -0.25) is 9.69 Å². The fourth-order valence-corrected chi connectivity index (χ4v) is 3.46. The Morgan fingerprint density at radius 1 is 1.42 bits per heavy atom. The van der Waals surface area contributed by atoms with Gasteiger partial charge in [-0.25, -0.2) is 0 Å². The second kappa shape index (κ2) is 8.22. The highest BCUT2D eigenvalue weighted by atomic mass is 32.2. The molecular formula is C18H19NO3S2. The van der Waals surface area contributed by atoms with E-state index in [1.165, 1.54) is 11.8 Å². The van der Waals surface area contributed by atoms with Crippen molar-refractivity contribution < 1.29 is 14.3 Å². The van der Waals surface area contributed by atoms with Gasteiger partial charge in [0, 0.05) is 6.54 Å². The summed E-state index contributed by atoms with van der Waals surface area (Å²) in [7, 11) is 1.56. The van der Waals surface area contributed by atoms with Gasteiger partial charge in [0.05, 0.1) is 12.0 Å². The Bertz CT molecular complexity index is 719. The second-order valence-corrected chi connectivity index (χ2v) is 7.27. The Balaban J connectivity index is 2.24. The molecule has 24 heavy (non-hydrogen) atoms. The van der Waals surface area contributed by atoms with Crippen molar-refractivity contribution in [2.75, 3.05) is 20.3 Å². The van der Waals surface area contributed by atoms with Crippen molar-refractivity contribution in [1.82, 2.24) is 4.90 Å². The minimum atomic E-state index is -0.0506. The predicted octanol–water partition coefficient (Wildman–Crippen LogP) is 3.56. The zero-order valence-corrected chi connectivity index (χ0v) is 15.5. The Morgan fingerprint density at radius 2 is 2.17 bits per heavy atom. The van der Waals surface area contributed by atoms with Gasteiger partial charge in [0.1, 0.15) is 10.9 Å². The van der Waals surface area contributed by atoms with E-state index in [9.17, 15) is 4.79 Å². The van der Waals surface area contributed by atoms with Crippen molar-refractivity contribution in [3.63, 3.8) is 0 Å². The van der Waals surface area contributed by atoms with Crippen molar-refractivity contribution in [3.8, 4) is 23.8 Å². The molecule has 126 valence electrons. The smallest absolute Gasteiger partial charge is 0.266 e. The molecule has 0 N–H and O–H groups in total. The third-order valence-corrected chi connectivity index (χ3v) is 4.60. The highest BCUT2D eigenvalue weighted by Crippen LogP contribution is 2.35. The zero-order valence-electron chi connectivity index (χ0n) is 13.9. The van der Waals surface area contributed by atoms with Crippen molar-refractivity contribution in [2.24, 2.45) is 5.92 Å². The molecule has 1 saturated heterocycles. The lowest BCUT2D eigenvalue weighted by atomic mass is 10.1. The molecule has 0 atom stereocenters. The molecular weight excluding hydrogens is 342 g/mol. The summed E-state index contributed by atoms with van der Waals surface area (Å²) in [5.41, 5.74) is 0.838. The molecule has 1 aliphatic heterocycles. The van der Waals surface area contributed by atoms with E-state index in [-0.39, 0.29) is 12.5 Å². The number of hydrogen-bond acceptors (Lipinski definition) is 5. The van der Waals surface area contributed by atoms with E-state index < -0.39 is 0 Å². The molecule has 0 saturated carbocycles. The molecule has 0 radical (unpaired) electrons. The maximum absolute atomic E-state index is 12.5. The van der Waals surface area contributed by atoms with Gasteiger partial charge in [-0.2, -0.15) is 0 Å². The number of terminal acetylenes is 1. The number of carbonyl (C=O) groups excluding carboxylic acids is 1. The van der Waals surface area contributed by atoms with Gasteiger partial charge in [-0.05, 0) is 29.7 Å². The number of methoxy groups -OCH3 is 1. The van der Waals surface area contributed by atoms with Crippen LogP contribution in [0, 0.1) is 18.3 Å². The van der Waals surface area contributed by atoms with Gasteiger partial charge in [0.2, 0.25) is 0 Å². The molecule has 1 amide bonds. The van der Waals surface area contributed by atoms with Gasteiger partial charge in [0.25, 0.3) is 5.91 Å². The molecule has 6 heteroatoms. The predicted molar refractivity (Wildman–Crippen MR) is 102 cm³/mol. The molecule has 1 aliphatic rings. The van der Waals surface area contributed by atoms with E-state index in [1.807, 2.05) is 12.1 Å². The maximum Gasteiger partial charge on any atom is 0.266 e. The number of benzene rings is 1. The first-order chi connectivity index (χ1) is 11.5. The van der Waals surface area contributed by atoms with E-state index in [4.69, 9.17) is 28.1 Å². The van der Waals surface area contributed by atoms with Crippen LogP contribution in [0.1, 0.15) is 19.4 Å². The number of thiocarbonyl (C=S) groups is 1. The molecule has 0 bridgehead atoms. The van der Waals surface area contributed by atoms with Crippen LogP contribution in [0.4, 0.5) is 0 Å². The molecule has 0 aromatic heterocycles. The zero-order chi connectivity index (χ0) is 17.7. The number of thioether (sulfide) groups is 1.